The number of piperazine rings is 1. The van der Waals surface area contributed by atoms with Gasteiger partial charge in [-0.3, -0.25) is 4.90 Å². The third-order valence-corrected chi connectivity index (χ3v) is 11.8. The fourth-order valence-electron chi connectivity index (χ4n) is 5.16. The van der Waals surface area contributed by atoms with Crippen LogP contribution in [0, 0.1) is 5.92 Å². The Bertz CT molecular complexity index is 1430. The minimum atomic E-state index is -3.77. The summed E-state index contributed by atoms with van der Waals surface area (Å²) in [6.07, 6.45) is 4.07. The summed E-state index contributed by atoms with van der Waals surface area (Å²) in [5.74, 6) is -0.138. The number of carbonyl (C=O) groups excluding carboxylic acids is 1. The lowest BCUT2D eigenvalue weighted by molar-refractivity contribution is -0.377. The van der Waals surface area contributed by atoms with Gasteiger partial charge in [0.1, 0.15) is 16.1 Å². The number of benzene rings is 1. The zero-order valence-electron chi connectivity index (χ0n) is 25.2. The Labute approximate surface area is 281 Å². The molecule has 3 aliphatic rings. The van der Waals surface area contributed by atoms with Crippen LogP contribution in [0.4, 0.5) is 8.78 Å². The van der Waals surface area contributed by atoms with Crippen molar-refractivity contribution >= 4 is 51.0 Å². The molecule has 17 heteroatoms. The molecule has 11 nitrogen and oxygen atoms in total. The summed E-state index contributed by atoms with van der Waals surface area (Å²) in [6.45, 7) is 1.13. The van der Waals surface area contributed by atoms with Crippen LogP contribution in [0.2, 0.25) is 10.0 Å². The highest BCUT2D eigenvalue weighted by Gasteiger charge is 2.41. The number of halogens is 4. The lowest BCUT2D eigenvalue weighted by Gasteiger charge is -2.32. The standard InChI is InChI=1S/C29H36Cl2F2N4O6S2.H2O/c1-35-6-8-36(9-7-35)11-13-45(39,40)37-10-12-44-27(37)28(38)42-25(15-21-22(30)16-34-17-23(21)31)20-4-5-24(43-29(32)33)26(14-20)41-18-19-2-3-19;/h4-5,14,16-17,19,25,27,29H,2-3,6-13,15,18H2,1H3;1H2/t25-,27-;/m0./s1. The molecule has 0 bridgehead atoms. The molecule has 2 aliphatic heterocycles. The smallest absolute Gasteiger partial charge is 0.387 e. The number of sulfonamides is 1. The van der Waals surface area contributed by atoms with Crippen LogP contribution in [-0.4, -0.2) is 110 Å². The molecule has 1 aliphatic carbocycles. The number of H-pyrrole nitrogens is 1. The highest BCUT2D eigenvalue weighted by atomic mass is 35.5. The minimum absolute atomic E-state index is 0. The highest BCUT2D eigenvalue weighted by Crippen LogP contribution is 2.39. The predicted molar refractivity (Wildman–Crippen MR) is 169 cm³/mol. The van der Waals surface area contributed by atoms with E-state index in [1.165, 1.54) is 46.7 Å². The van der Waals surface area contributed by atoms with Crippen molar-refractivity contribution in [3.63, 3.8) is 0 Å². The molecule has 0 amide bonds. The number of thioether (sulfide) groups is 1. The molecule has 2 N–H and O–H groups in total. The number of nitrogens with zero attached hydrogens (tertiary/aromatic N) is 3. The molecule has 2 saturated heterocycles. The Kier molecular flexibility index (Phi) is 13.2. The summed E-state index contributed by atoms with van der Waals surface area (Å²) < 4.78 is 71.0. The first-order valence-electron chi connectivity index (χ1n) is 14.8. The second-order valence-corrected chi connectivity index (χ2v) is 15.4. The average molecular weight is 728 g/mol. The van der Waals surface area contributed by atoms with Gasteiger partial charge in [0.25, 0.3) is 0 Å². The van der Waals surface area contributed by atoms with Crippen LogP contribution in [0.15, 0.2) is 30.6 Å². The Morgan fingerprint density at radius 3 is 2.43 bits per heavy atom. The van der Waals surface area contributed by atoms with Crippen molar-refractivity contribution in [2.24, 2.45) is 5.92 Å². The van der Waals surface area contributed by atoms with Crippen molar-refractivity contribution in [3.8, 4) is 11.5 Å². The number of esters is 1. The molecule has 0 radical (unpaired) electrons. The van der Waals surface area contributed by atoms with Crippen LogP contribution in [0.3, 0.4) is 0 Å². The van der Waals surface area contributed by atoms with Crippen LogP contribution < -0.4 is 14.5 Å². The van der Waals surface area contributed by atoms with Crippen LogP contribution in [0.25, 0.3) is 0 Å². The number of hydrogen-bond donors (Lipinski definition) is 0. The van der Waals surface area contributed by atoms with E-state index in [-0.39, 0.29) is 35.7 Å². The summed E-state index contributed by atoms with van der Waals surface area (Å²) in [7, 11) is -1.74. The molecule has 0 spiro atoms. The van der Waals surface area contributed by atoms with E-state index in [1.807, 2.05) is 7.05 Å². The Balaban J connectivity index is 0.00000480. The van der Waals surface area contributed by atoms with E-state index in [9.17, 15) is 22.0 Å². The Hall–Kier alpha value is -1.98. The number of rotatable bonds is 14. The van der Waals surface area contributed by atoms with E-state index in [0.717, 1.165) is 39.0 Å². The van der Waals surface area contributed by atoms with Gasteiger partial charge in [-0.15, -0.1) is 11.8 Å². The largest absolute Gasteiger partial charge is 0.870 e. The molecular weight excluding hydrogens is 689 g/mol. The van der Waals surface area contributed by atoms with Gasteiger partial charge in [0.15, 0.2) is 29.3 Å². The van der Waals surface area contributed by atoms with Gasteiger partial charge in [-0.25, -0.2) is 18.2 Å². The van der Waals surface area contributed by atoms with E-state index in [4.69, 9.17) is 32.7 Å². The van der Waals surface area contributed by atoms with Gasteiger partial charge in [0.2, 0.25) is 10.0 Å². The predicted octanol–water partition coefficient (Wildman–Crippen LogP) is 3.80. The van der Waals surface area contributed by atoms with Crippen LogP contribution in [0.5, 0.6) is 11.5 Å². The molecule has 46 heavy (non-hydrogen) atoms. The lowest BCUT2D eigenvalue weighted by atomic mass is 10.0. The third-order valence-electron chi connectivity index (χ3n) is 8.04. The van der Waals surface area contributed by atoms with Gasteiger partial charge in [-0.05, 0) is 43.5 Å². The molecular formula is C29H38Cl2F2N4O7S2. The molecule has 1 saturated carbocycles. The second kappa shape index (κ2) is 16.4. The minimum Gasteiger partial charge on any atom is -0.870 e. The molecule has 1 aromatic heterocycles. The number of ether oxygens (including phenoxy) is 3. The van der Waals surface area contributed by atoms with Crippen molar-refractivity contribution in [3.05, 3.63) is 51.8 Å². The van der Waals surface area contributed by atoms with Gasteiger partial charge in [-0.1, -0.05) is 29.3 Å². The Morgan fingerprint density at radius 2 is 1.78 bits per heavy atom. The first kappa shape index (κ1) is 36.8. The zero-order chi connectivity index (χ0) is 32.1. The number of pyridine rings is 1. The number of nitrogens with one attached hydrogen (secondary N) is 1. The summed E-state index contributed by atoms with van der Waals surface area (Å²) in [4.78, 5) is 20.9. The number of carbonyl (C=O) groups is 1. The number of aromatic amines is 1. The summed E-state index contributed by atoms with van der Waals surface area (Å²) >= 11 is 14.1. The first-order valence-corrected chi connectivity index (χ1v) is 18.2. The monoisotopic (exact) mass is 726 g/mol. The maximum absolute atomic E-state index is 13.7. The van der Waals surface area contributed by atoms with Gasteiger partial charge >= 0.3 is 12.6 Å². The summed E-state index contributed by atoms with van der Waals surface area (Å²) in [5.41, 5.74) is 0.905. The quantitative estimate of drug-likeness (QED) is 0.265. The fraction of sp³-hybridized carbons (Fsp3) is 0.586. The lowest BCUT2D eigenvalue weighted by Crippen LogP contribution is -2.48. The Morgan fingerprint density at radius 1 is 1.09 bits per heavy atom. The molecule has 2 atom stereocenters. The molecule has 256 valence electrons. The van der Waals surface area contributed by atoms with Gasteiger partial charge in [0, 0.05) is 57.0 Å². The first-order chi connectivity index (χ1) is 21.5. The fourth-order valence-corrected chi connectivity index (χ4v) is 8.85. The molecule has 2 aromatic rings. The number of likely N-dealkylation sites (N-methyl/N-ethyl adjacent to an activating group) is 1. The molecule has 3 fully saturated rings. The van der Waals surface area contributed by atoms with Gasteiger partial charge in [0.05, 0.1) is 12.4 Å². The SMILES string of the molecule is CN1CCN(CCS(=O)(=O)N2CCS[C@H]2C(=O)O[C@@H](Cc2c(Cl)c[nH+]cc2Cl)c2ccc(OC(F)F)c(OCC3CC3)c2)CC1.[OH-]. The topological polar surface area (TPSA) is 133 Å². The van der Waals surface area contributed by atoms with Crippen molar-refractivity contribution in [2.75, 3.05) is 64.4 Å². The van der Waals surface area contributed by atoms with Gasteiger partial charge < -0.3 is 24.6 Å². The highest BCUT2D eigenvalue weighted by molar-refractivity contribution is 8.02. The van der Waals surface area contributed by atoms with Crippen LogP contribution >= 0.6 is 35.0 Å². The van der Waals surface area contributed by atoms with Crippen molar-refractivity contribution in [1.29, 1.82) is 0 Å². The maximum Gasteiger partial charge on any atom is 0.387 e. The zero-order valence-corrected chi connectivity index (χ0v) is 28.4. The number of alkyl halides is 2. The second-order valence-electron chi connectivity index (χ2n) is 11.4. The molecule has 5 rings (SSSR count). The van der Waals surface area contributed by atoms with Crippen LogP contribution in [-0.2, 0) is 26.0 Å². The van der Waals surface area contributed by atoms with Crippen LogP contribution in [0.1, 0.15) is 30.1 Å². The van der Waals surface area contributed by atoms with E-state index >= 15 is 0 Å². The van der Waals surface area contributed by atoms with E-state index < -0.39 is 34.1 Å². The van der Waals surface area contributed by atoms with E-state index in [0.29, 0.717) is 46.0 Å². The molecule has 0 unspecified atom stereocenters. The van der Waals surface area contributed by atoms with Crippen molar-refractivity contribution < 1.29 is 46.7 Å². The number of hydrogen-bond acceptors (Lipinski definition) is 10. The molecule has 1 aromatic carbocycles. The number of aromatic nitrogens is 1. The normalized spacial score (nSPS) is 20.3. The average Bonchev–Trinajstić information content (AvgIpc) is 3.69. The van der Waals surface area contributed by atoms with Crippen molar-refractivity contribution in [2.45, 2.75) is 37.4 Å². The van der Waals surface area contributed by atoms with E-state index in [1.54, 1.807) is 0 Å². The van der Waals surface area contributed by atoms with E-state index in [2.05, 4.69) is 19.5 Å². The maximum atomic E-state index is 13.7. The van der Waals surface area contributed by atoms with Crippen molar-refractivity contribution in [1.82, 2.24) is 14.1 Å². The summed E-state index contributed by atoms with van der Waals surface area (Å²) in [5, 5.41) is -0.475. The molecule has 3 heterocycles. The van der Waals surface area contributed by atoms with Gasteiger partial charge in [-0.2, -0.15) is 13.1 Å². The third kappa shape index (κ3) is 9.78. The summed E-state index contributed by atoms with van der Waals surface area (Å²) in [6, 6.07) is 4.34.